The fraction of sp³-hybridized carbons (Fsp3) is 0.571. The Labute approximate surface area is 117 Å². The third-order valence-electron chi connectivity index (χ3n) is 3.56. The Bertz CT molecular complexity index is 526. The van der Waals surface area contributed by atoms with Crippen LogP contribution in [0.3, 0.4) is 0 Å². The molecule has 2 rings (SSSR count). The van der Waals surface area contributed by atoms with Crippen molar-refractivity contribution in [2.45, 2.75) is 45.6 Å². The minimum atomic E-state index is -0.647. The lowest BCUT2D eigenvalue weighted by Crippen LogP contribution is -2.41. The van der Waals surface area contributed by atoms with Crippen LogP contribution in [0.1, 0.15) is 39.3 Å². The normalized spacial score (nSPS) is 12.2. The molecule has 0 saturated carbocycles. The number of aromatic nitrogens is 2. The molecule has 0 aliphatic rings. The van der Waals surface area contributed by atoms with Crippen molar-refractivity contribution in [1.29, 1.82) is 0 Å². The van der Waals surface area contributed by atoms with Crippen LogP contribution in [0.2, 0.25) is 0 Å². The second kappa shape index (κ2) is 5.84. The van der Waals surface area contributed by atoms with Gasteiger partial charge in [-0.3, -0.25) is 9.20 Å². The smallest absolute Gasteiger partial charge is 0.193 e. The SMILES string of the molecule is CCOC(CC)(CC)C(=O)Cc1cn2ccsc2n1. The number of carbonyl (C=O) groups excluding carboxylic acids is 1. The average Bonchev–Trinajstić information content (AvgIpc) is 2.96. The number of rotatable bonds is 7. The Morgan fingerprint density at radius 3 is 2.74 bits per heavy atom. The molecule has 0 aromatic carbocycles. The van der Waals surface area contributed by atoms with Crippen molar-refractivity contribution in [1.82, 2.24) is 9.38 Å². The zero-order valence-corrected chi connectivity index (χ0v) is 12.5. The summed E-state index contributed by atoms with van der Waals surface area (Å²) >= 11 is 1.57. The Morgan fingerprint density at radius 2 is 2.16 bits per heavy atom. The van der Waals surface area contributed by atoms with E-state index in [0.717, 1.165) is 10.7 Å². The molecule has 0 aliphatic heterocycles. The third kappa shape index (κ3) is 2.72. The molecule has 0 spiro atoms. The van der Waals surface area contributed by atoms with Crippen LogP contribution in [0.4, 0.5) is 0 Å². The number of fused-ring (bicyclic) bond motifs is 1. The maximum absolute atomic E-state index is 12.5. The number of Topliss-reactive ketones (excluding diaryl/α,β-unsaturated/α-hetero) is 1. The number of carbonyl (C=O) groups is 1. The van der Waals surface area contributed by atoms with Crippen molar-refractivity contribution in [3.05, 3.63) is 23.5 Å². The highest BCUT2D eigenvalue weighted by atomic mass is 32.1. The number of hydrogen-bond acceptors (Lipinski definition) is 4. The van der Waals surface area contributed by atoms with Crippen molar-refractivity contribution in [3.63, 3.8) is 0 Å². The lowest BCUT2D eigenvalue weighted by atomic mass is 9.89. The van der Waals surface area contributed by atoms with Gasteiger partial charge in [0.15, 0.2) is 10.7 Å². The molecule has 0 bridgehead atoms. The van der Waals surface area contributed by atoms with E-state index in [0.29, 0.717) is 25.9 Å². The lowest BCUT2D eigenvalue weighted by Gasteiger charge is -2.29. The van der Waals surface area contributed by atoms with E-state index >= 15 is 0 Å². The Kier molecular flexibility index (Phi) is 4.37. The van der Waals surface area contributed by atoms with Crippen LogP contribution in [0.25, 0.3) is 4.96 Å². The second-order valence-corrected chi connectivity index (χ2v) is 5.43. The zero-order chi connectivity index (χ0) is 13.9. The van der Waals surface area contributed by atoms with Gasteiger partial charge in [-0.15, -0.1) is 11.3 Å². The maximum Gasteiger partial charge on any atom is 0.193 e. The summed E-state index contributed by atoms with van der Waals surface area (Å²) in [5, 5.41) is 1.98. The molecule has 0 amide bonds. The van der Waals surface area contributed by atoms with Crippen LogP contribution < -0.4 is 0 Å². The van der Waals surface area contributed by atoms with Gasteiger partial charge in [0.1, 0.15) is 5.60 Å². The first kappa shape index (κ1) is 14.2. The van der Waals surface area contributed by atoms with E-state index in [9.17, 15) is 4.79 Å². The van der Waals surface area contributed by atoms with E-state index in [1.54, 1.807) is 11.3 Å². The highest BCUT2D eigenvalue weighted by Gasteiger charge is 2.35. The fourth-order valence-corrected chi connectivity index (χ4v) is 3.11. The van der Waals surface area contributed by atoms with Gasteiger partial charge in [-0.1, -0.05) is 13.8 Å². The predicted octanol–water partition coefficient (Wildman–Crippen LogP) is 3.10. The van der Waals surface area contributed by atoms with Crippen molar-refractivity contribution >= 4 is 22.1 Å². The summed E-state index contributed by atoms with van der Waals surface area (Å²) < 4.78 is 7.69. The van der Waals surface area contributed by atoms with Gasteiger partial charge in [-0.25, -0.2) is 4.98 Å². The molecule has 0 radical (unpaired) electrons. The fourth-order valence-electron chi connectivity index (χ4n) is 2.39. The van der Waals surface area contributed by atoms with E-state index in [2.05, 4.69) is 4.98 Å². The third-order valence-corrected chi connectivity index (χ3v) is 4.33. The molecule has 0 unspecified atom stereocenters. The molecule has 0 aliphatic carbocycles. The standard InChI is InChI=1S/C14H20N2O2S/c1-4-14(5-2,18-6-3)12(17)9-11-10-16-7-8-19-13(16)15-11/h7-8,10H,4-6,9H2,1-3H3. The topological polar surface area (TPSA) is 43.6 Å². The quantitative estimate of drug-likeness (QED) is 0.782. The largest absolute Gasteiger partial charge is 0.368 e. The molecular weight excluding hydrogens is 260 g/mol. The first-order valence-electron chi connectivity index (χ1n) is 6.73. The first-order chi connectivity index (χ1) is 9.15. The van der Waals surface area contributed by atoms with Crippen LogP contribution in [0, 0.1) is 0 Å². The molecule has 2 aromatic rings. The van der Waals surface area contributed by atoms with Crippen molar-refractivity contribution in [3.8, 4) is 0 Å². The van der Waals surface area contributed by atoms with Crippen molar-refractivity contribution in [2.75, 3.05) is 6.61 Å². The summed E-state index contributed by atoms with van der Waals surface area (Å²) in [6, 6.07) is 0. The van der Waals surface area contributed by atoms with Gasteiger partial charge in [0, 0.05) is 24.4 Å². The Balaban J connectivity index is 2.16. The average molecular weight is 280 g/mol. The highest BCUT2D eigenvalue weighted by Crippen LogP contribution is 2.24. The monoisotopic (exact) mass is 280 g/mol. The molecule has 0 fully saturated rings. The van der Waals surface area contributed by atoms with E-state index in [-0.39, 0.29) is 5.78 Å². The number of hydrogen-bond donors (Lipinski definition) is 0. The van der Waals surface area contributed by atoms with E-state index in [4.69, 9.17) is 4.74 Å². The predicted molar refractivity (Wildman–Crippen MR) is 76.7 cm³/mol. The summed E-state index contributed by atoms with van der Waals surface area (Å²) in [6.07, 6.45) is 5.63. The number of imidazole rings is 1. The van der Waals surface area contributed by atoms with E-state index in [1.807, 2.05) is 42.9 Å². The molecule has 5 heteroatoms. The zero-order valence-electron chi connectivity index (χ0n) is 11.7. The molecule has 104 valence electrons. The molecular formula is C14H20N2O2S. The van der Waals surface area contributed by atoms with E-state index in [1.165, 1.54) is 0 Å². The Morgan fingerprint density at radius 1 is 1.42 bits per heavy atom. The highest BCUT2D eigenvalue weighted by molar-refractivity contribution is 7.15. The van der Waals surface area contributed by atoms with Gasteiger partial charge >= 0.3 is 0 Å². The number of ether oxygens (including phenoxy) is 1. The maximum atomic E-state index is 12.5. The van der Waals surface area contributed by atoms with Crippen molar-refractivity contribution in [2.24, 2.45) is 0 Å². The molecule has 19 heavy (non-hydrogen) atoms. The van der Waals surface area contributed by atoms with Gasteiger partial charge < -0.3 is 4.74 Å². The van der Waals surface area contributed by atoms with Crippen LogP contribution in [0.15, 0.2) is 17.8 Å². The second-order valence-electron chi connectivity index (χ2n) is 4.56. The minimum absolute atomic E-state index is 0.130. The summed E-state index contributed by atoms with van der Waals surface area (Å²) in [5.74, 6) is 0.130. The minimum Gasteiger partial charge on any atom is -0.368 e. The van der Waals surface area contributed by atoms with E-state index < -0.39 is 5.60 Å². The Hall–Kier alpha value is -1.20. The molecule has 0 atom stereocenters. The molecule has 2 heterocycles. The lowest BCUT2D eigenvalue weighted by molar-refractivity contribution is -0.144. The van der Waals surface area contributed by atoms with Crippen molar-refractivity contribution < 1.29 is 9.53 Å². The van der Waals surface area contributed by atoms with Gasteiger partial charge in [0.2, 0.25) is 0 Å². The van der Waals surface area contributed by atoms with Crippen LogP contribution in [-0.2, 0) is 16.0 Å². The molecule has 0 N–H and O–H groups in total. The molecule has 2 aromatic heterocycles. The van der Waals surface area contributed by atoms with Gasteiger partial charge in [0.25, 0.3) is 0 Å². The van der Waals surface area contributed by atoms with Gasteiger partial charge in [-0.2, -0.15) is 0 Å². The van der Waals surface area contributed by atoms with Gasteiger partial charge in [-0.05, 0) is 19.8 Å². The number of nitrogens with zero attached hydrogens (tertiary/aromatic N) is 2. The molecule has 0 saturated heterocycles. The first-order valence-corrected chi connectivity index (χ1v) is 7.61. The number of ketones is 1. The van der Waals surface area contributed by atoms with Gasteiger partial charge in [0.05, 0.1) is 12.1 Å². The van der Waals surface area contributed by atoms with Crippen LogP contribution in [-0.4, -0.2) is 27.4 Å². The summed E-state index contributed by atoms with van der Waals surface area (Å²) in [5.41, 5.74) is 0.175. The van der Waals surface area contributed by atoms with Crippen LogP contribution in [0.5, 0.6) is 0 Å². The van der Waals surface area contributed by atoms with Crippen LogP contribution >= 0.6 is 11.3 Å². The summed E-state index contributed by atoms with van der Waals surface area (Å²) in [7, 11) is 0. The summed E-state index contributed by atoms with van der Waals surface area (Å²) in [6.45, 7) is 6.50. The molecule has 4 nitrogen and oxygen atoms in total. The number of thiazole rings is 1. The summed E-state index contributed by atoms with van der Waals surface area (Å²) in [4.78, 5) is 17.9.